The van der Waals surface area contributed by atoms with E-state index in [-0.39, 0.29) is 5.97 Å². The van der Waals surface area contributed by atoms with Crippen LogP contribution in [0, 0.1) is 11.8 Å². The molecule has 3 heteroatoms. The number of rotatable bonds is 10. The Bertz CT molecular complexity index is 214. The third kappa shape index (κ3) is 7.37. The van der Waals surface area contributed by atoms with E-state index in [9.17, 15) is 4.79 Å². The monoisotopic (exact) mass is 241 g/mol. The molecule has 0 radical (unpaired) electrons. The van der Waals surface area contributed by atoms with Gasteiger partial charge in [0.2, 0.25) is 0 Å². The fraction of sp³-hybridized carbons (Fsp3) is 0.929. The first-order valence-corrected chi connectivity index (χ1v) is 7.12. The lowest BCUT2D eigenvalue weighted by Gasteiger charge is -2.14. The van der Waals surface area contributed by atoms with E-state index >= 15 is 0 Å². The van der Waals surface area contributed by atoms with Gasteiger partial charge in [0.25, 0.3) is 0 Å². The average Bonchev–Trinajstić information content (AvgIpc) is 3.13. The summed E-state index contributed by atoms with van der Waals surface area (Å²) in [6.07, 6.45) is 7.36. The number of hydrogen-bond acceptors (Lipinski definition) is 3. The van der Waals surface area contributed by atoms with Gasteiger partial charge < -0.3 is 10.1 Å². The van der Waals surface area contributed by atoms with E-state index in [0.717, 1.165) is 18.9 Å². The molecule has 0 aliphatic heterocycles. The van der Waals surface area contributed by atoms with Crippen LogP contribution in [-0.2, 0) is 9.53 Å². The summed E-state index contributed by atoms with van der Waals surface area (Å²) in [5.74, 6) is 1.26. The zero-order chi connectivity index (χ0) is 12.5. The number of unbranched alkanes of at least 4 members (excludes halogenated alkanes) is 1. The zero-order valence-electron chi connectivity index (χ0n) is 11.3. The highest BCUT2D eigenvalue weighted by Crippen LogP contribution is 2.27. The van der Waals surface area contributed by atoms with Crippen LogP contribution in [0.25, 0.3) is 0 Å². The van der Waals surface area contributed by atoms with Gasteiger partial charge in [-0.15, -0.1) is 0 Å². The van der Waals surface area contributed by atoms with Crippen LogP contribution in [0.1, 0.15) is 52.4 Å². The topological polar surface area (TPSA) is 38.3 Å². The van der Waals surface area contributed by atoms with Gasteiger partial charge in [-0.25, -0.2) is 0 Å². The van der Waals surface area contributed by atoms with Gasteiger partial charge in [0, 0.05) is 0 Å². The molecule has 1 rings (SSSR count). The van der Waals surface area contributed by atoms with Crippen molar-refractivity contribution in [3.05, 3.63) is 0 Å². The maximum Gasteiger partial charge on any atom is 0.319 e. The predicted molar refractivity (Wildman–Crippen MR) is 69.9 cm³/mol. The number of ether oxygens (including phenoxy) is 1. The minimum atomic E-state index is -0.0967. The highest BCUT2D eigenvalue weighted by atomic mass is 16.5. The summed E-state index contributed by atoms with van der Waals surface area (Å²) >= 11 is 0. The number of nitrogens with one attached hydrogen (secondary N) is 1. The summed E-state index contributed by atoms with van der Waals surface area (Å²) in [7, 11) is 0. The molecule has 1 unspecified atom stereocenters. The van der Waals surface area contributed by atoms with Crippen molar-refractivity contribution in [2.45, 2.75) is 52.4 Å². The van der Waals surface area contributed by atoms with Gasteiger partial charge in [-0.1, -0.05) is 33.1 Å². The third-order valence-corrected chi connectivity index (χ3v) is 3.42. The van der Waals surface area contributed by atoms with Crippen molar-refractivity contribution < 1.29 is 9.53 Å². The first-order valence-electron chi connectivity index (χ1n) is 7.12. The summed E-state index contributed by atoms with van der Waals surface area (Å²) in [6, 6.07) is 0. The molecule has 3 nitrogen and oxygen atoms in total. The molecule has 0 saturated heterocycles. The lowest BCUT2D eigenvalue weighted by atomic mass is 10.0. The number of carbonyl (C=O) groups excluding carboxylic acids is 1. The van der Waals surface area contributed by atoms with Gasteiger partial charge in [0.05, 0.1) is 13.2 Å². The van der Waals surface area contributed by atoms with Crippen LogP contribution in [0.5, 0.6) is 0 Å². The molecule has 0 spiro atoms. The first kappa shape index (κ1) is 14.5. The smallest absolute Gasteiger partial charge is 0.319 e. The lowest BCUT2D eigenvalue weighted by molar-refractivity contribution is -0.144. The molecule has 0 aromatic heterocycles. The van der Waals surface area contributed by atoms with Gasteiger partial charge in [-0.2, -0.15) is 0 Å². The molecule has 0 aromatic rings. The third-order valence-electron chi connectivity index (χ3n) is 3.42. The zero-order valence-corrected chi connectivity index (χ0v) is 11.3. The molecule has 0 aromatic carbocycles. The molecule has 1 N–H and O–H groups in total. The Kier molecular flexibility index (Phi) is 7.25. The van der Waals surface area contributed by atoms with Crippen LogP contribution < -0.4 is 5.32 Å². The molecule has 1 saturated carbocycles. The molecular formula is C14H27NO2. The Morgan fingerprint density at radius 3 is 2.76 bits per heavy atom. The summed E-state index contributed by atoms with van der Waals surface area (Å²) < 4.78 is 5.29. The highest BCUT2D eigenvalue weighted by molar-refractivity contribution is 5.71. The van der Waals surface area contributed by atoms with Crippen LogP contribution in [0.15, 0.2) is 0 Å². The van der Waals surface area contributed by atoms with E-state index in [4.69, 9.17) is 4.74 Å². The largest absolute Gasteiger partial charge is 0.464 e. The fourth-order valence-corrected chi connectivity index (χ4v) is 1.86. The number of carbonyl (C=O) groups is 1. The molecule has 1 fully saturated rings. The summed E-state index contributed by atoms with van der Waals surface area (Å²) in [6.45, 7) is 6.31. The normalized spacial score (nSPS) is 16.8. The van der Waals surface area contributed by atoms with Crippen molar-refractivity contribution in [3.63, 3.8) is 0 Å². The minimum Gasteiger partial charge on any atom is -0.464 e. The van der Waals surface area contributed by atoms with E-state index in [1.54, 1.807) is 0 Å². The van der Waals surface area contributed by atoms with E-state index in [1.807, 2.05) is 0 Å². The molecular weight excluding hydrogens is 214 g/mol. The van der Waals surface area contributed by atoms with Crippen molar-refractivity contribution in [1.82, 2.24) is 5.32 Å². The van der Waals surface area contributed by atoms with Gasteiger partial charge in [-0.3, -0.25) is 4.79 Å². The van der Waals surface area contributed by atoms with Crippen LogP contribution in [0.2, 0.25) is 0 Å². The Hall–Kier alpha value is -0.570. The van der Waals surface area contributed by atoms with E-state index in [1.165, 1.54) is 32.1 Å². The van der Waals surface area contributed by atoms with Crippen molar-refractivity contribution in [1.29, 1.82) is 0 Å². The number of hydrogen-bond donors (Lipinski definition) is 1. The molecule has 17 heavy (non-hydrogen) atoms. The van der Waals surface area contributed by atoms with Crippen LogP contribution >= 0.6 is 0 Å². The Morgan fingerprint density at radius 2 is 2.18 bits per heavy atom. The second-order valence-corrected chi connectivity index (χ2v) is 5.17. The minimum absolute atomic E-state index is 0.0967. The van der Waals surface area contributed by atoms with E-state index < -0.39 is 0 Å². The van der Waals surface area contributed by atoms with E-state index in [0.29, 0.717) is 19.1 Å². The van der Waals surface area contributed by atoms with E-state index in [2.05, 4.69) is 19.2 Å². The molecule has 0 amide bonds. The lowest BCUT2D eigenvalue weighted by Crippen LogP contribution is -2.27. The molecule has 1 atom stereocenters. The Labute approximate surface area is 105 Å². The van der Waals surface area contributed by atoms with Gasteiger partial charge in [0.15, 0.2) is 0 Å². The summed E-state index contributed by atoms with van der Waals surface area (Å²) in [5.41, 5.74) is 0. The maximum absolute atomic E-state index is 11.5. The van der Waals surface area contributed by atoms with Crippen molar-refractivity contribution in [2.24, 2.45) is 11.8 Å². The van der Waals surface area contributed by atoms with Crippen molar-refractivity contribution >= 4 is 5.97 Å². The van der Waals surface area contributed by atoms with Gasteiger partial charge in [0.1, 0.15) is 0 Å². The predicted octanol–water partition coefficient (Wildman–Crippen LogP) is 2.75. The van der Waals surface area contributed by atoms with Crippen LogP contribution in [-0.4, -0.2) is 25.7 Å². The van der Waals surface area contributed by atoms with Crippen molar-refractivity contribution in [3.8, 4) is 0 Å². The van der Waals surface area contributed by atoms with Crippen LogP contribution in [0.3, 0.4) is 0 Å². The molecule has 1 aliphatic carbocycles. The molecule has 0 bridgehead atoms. The van der Waals surface area contributed by atoms with Gasteiger partial charge >= 0.3 is 5.97 Å². The molecule has 100 valence electrons. The fourth-order valence-electron chi connectivity index (χ4n) is 1.86. The second-order valence-electron chi connectivity index (χ2n) is 5.17. The van der Waals surface area contributed by atoms with Crippen LogP contribution in [0.4, 0.5) is 0 Å². The summed E-state index contributed by atoms with van der Waals surface area (Å²) in [5, 5.41) is 3.16. The Morgan fingerprint density at radius 1 is 1.41 bits per heavy atom. The van der Waals surface area contributed by atoms with Gasteiger partial charge in [-0.05, 0) is 37.6 Å². The highest BCUT2D eigenvalue weighted by Gasteiger charge is 2.20. The summed E-state index contributed by atoms with van der Waals surface area (Å²) in [4.78, 5) is 11.5. The standard InChI is InChI=1S/C14H27NO2/c1-3-5-6-12(4-2)11-17-14(16)10-15-9-13-7-8-13/h12-13,15H,3-11H2,1-2H3. The van der Waals surface area contributed by atoms with Crippen molar-refractivity contribution in [2.75, 3.05) is 19.7 Å². The average molecular weight is 241 g/mol. The second kappa shape index (κ2) is 8.51. The SMILES string of the molecule is CCCCC(CC)COC(=O)CNCC1CC1. The first-order chi connectivity index (χ1) is 8.26. The molecule has 1 aliphatic rings. The quantitative estimate of drug-likeness (QED) is 0.598. The number of esters is 1. The maximum atomic E-state index is 11.5. The molecule has 0 heterocycles. The Balaban J connectivity index is 1.99.